The zero-order valence-corrected chi connectivity index (χ0v) is 20.9. The molecule has 0 bridgehead atoms. The van der Waals surface area contributed by atoms with E-state index in [4.69, 9.17) is 0 Å². The van der Waals surface area contributed by atoms with Gasteiger partial charge in [-0.1, -0.05) is 37.8 Å². The standard InChI is InChI=1S/C23H35N7.HI/c1-24-22(26-16-20-8-10-21(11-9-20)30-19-25-18-28-30)27-17-23(12-4-2-5-13-23)29-14-6-3-7-15-29;/h8-11,18-19H,2-7,12-17H2,1H3,(H2,24,26,27);1H. The Morgan fingerprint density at radius 3 is 2.35 bits per heavy atom. The van der Waals surface area contributed by atoms with Crippen molar-refractivity contribution in [2.24, 2.45) is 4.99 Å². The molecule has 1 aromatic heterocycles. The van der Waals surface area contributed by atoms with E-state index in [9.17, 15) is 0 Å². The Morgan fingerprint density at radius 2 is 1.71 bits per heavy atom. The van der Waals surface area contributed by atoms with Gasteiger partial charge in [-0.25, -0.2) is 9.67 Å². The third kappa shape index (κ3) is 6.19. The summed E-state index contributed by atoms with van der Waals surface area (Å²) in [5.41, 5.74) is 2.53. The average molecular weight is 537 g/mol. The first-order valence-electron chi connectivity index (χ1n) is 11.4. The molecule has 2 aliphatic rings. The van der Waals surface area contributed by atoms with Gasteiger partial charge < -0.3 is 10.6 Å². The van der Waals surface area contributed by atoms with Crippen molar-refractivity contribution in [2.45, 2.75) is 63.5 Å². The van der Waals surface area contributed by atoms with Gasteiger partial charge in [0, 0.05) is 25.7 Å². The number of guanidine groups is 1. The van der Waals surface area contributed by atoms with Gasteiger partial charge in [0.25, 0.3) is 0 Å². The van der Waals surface area contributed by atoms with Crippen LogP contribution >= 0.6 is 24.0 Å². The molecule has 1 aliphatic heterocycles. The van der Waals surface area contributed by atoms with Crippen molar-refractivity contribution in [2.75, 3.05) is 26.7 Å². The van der Waals surface area contributed by atoms with Crippen LogP contribution in [0.2, 0.25) is 0 Å². The SMILES string of the molecule is CN=C(NCc1ccc(-n2cncn2)cc1)NCC1(N2CCCCC2)CCCCC1.I. The van der Waals surface area contributed by atoms with Crippen molar-refractivity contribution in [3.05, 3.63) is 42.5 Å². The second kappa shape index (κ2) is 11.8. The highest BCUT2D eigenvalue weighted by Crippen LogP contribution is 2.35. The molecule has 8 heteroatoms. The van der Waals surface area contributed by atoms with E-state index < -0.39 is 0 Å². The first-order chi connectivity index (χ1) is 14.8. The summed E-state index contributed by atoms with van der Waals surface area (Å²) in [7, 11) is 1.86. The largest absolute Gasteiger partial charge is 0.355 e. The van der Waals surface area contributed by atoms with Gasteiger partial charge in [0.1, 0.15) is 12.7 Å². The van der Waals surface area contributed by atoms with Crippen molar-refractivity contribution in [3.8, 4) is 5.69 Å². The molecule has 2 aromatic rings. The van der Waals surface area contributed by atoms with Crippen molar-refractivity contribution >= 4 is 29.9 Å². The van der Waals surface area contributed by atoms with Crippen molar-refractivity contribution in [3.63, 3.8) is 0 Å². The van der Waals surface area contributed by atoms with Crippen LogP contribution in [0.5, 0.6) is 0 Å². The summed E-state index contributed by atoms with van der Waals surface area (Å²) in [4.78, 5) is 11.3. The number of aromatic nitrogens is 3. The molecule has 0 spiro atoms. The van der Waals surface area contributed by atoms with Crippen LogP contribution in [-0.4, -0.2) is 57.8 Å². The molecule has 1 aromatic carbocycles. The van der Waals surface area contributed by atoms with Crippen LogP contribution in [0.1, 0.15) is 56.9 Å². The van der Waals surface area contributed by atoms with Crippen LogP contribution in [0.4, 0.5) is 0 Å². The minimum atomic E-state index is 0. The van der Waals surface area contributed by atoms with Gasteiger partial charge in [-0.05, 0) is 56.5 Å². The predicted octanol–water partition coefficient (Wildman–Crippen LogP) is 3.74. The van der Waals surface area contributed by atoms with E-state index in [1.54, 1.807) is 17.3 Å². The highest BCUT2D eigenvalue weighted by Gasteiger charge is 2.38. The Hall–Kier alpha value is -1.68. The number of nitrogens with zero attached hydrogens (tertiary/aromatic N) is 5. The maximum atomic E-state index is 4.48. The van der Waals surface area contributed by atoms with Gasteiger partial charge in [-0.3, -0.25) is 9.89 Å². The molecule has 1 saturated heterocycles. The van der Waals surface area contributed by atoms with Gasteiger partial charge in [0.15, 0.2) is 5.96 Å². The number of piperidine rings is 1. The third-order valence-corrected chi connectivity index (χ3v) is 6.70. The lowest BCUT2D eigenvalue weighted by atomic mass is 9.79. The van der Waals surface area contributed by atoms with E-state index in [2.05, 4.69) is 54.9 Å². The van der Waals surface area contributed by atoms with Crippen molar-refractivity contribution in [1.29, 1.82) is 0 Å². The molecule has 31 heavy (non-hydrogen) atoms. The molecular formula is C23H36IN7. The first kappa shape index (κ1) is 24.0. The molecule has 1 aliphatic carbocycles. The number of hydrogen-bond donors (Lipinski definition) is 2. The van der Waals surface area contributed by atoms with Crippen LogP contribution in [0.25, 0.3) is 5.69 Å². The molecule has 4 rings (SSSR count). The Labute approximate surface area is 203 Å². The number of aliphatic imine (C=N–C) groups is 1. The molecule has 0 radical (unpaired) electrons. The van der Waals surface area contributed by atoms with E-state index in [1.807, 2.05) is 7.05 Å². The van der Waals surface area contributed by atoms with E-state index in [-0.39, 0.29) is 24.0 Å². The Morgan fingerprint density at radius 1 is 1.00 bits per heavy atom. The smallest absolute Gasteiger partial charge is 0.191 e. The molecule has 0 amide bonds. The molecule has 0 atom stereocenters. The Kier molecular flexibility index (Phi) is 9.13. The lowest BCUT2D eigenvalue weighted by Gasteiger charge is -2.48. The second-order valence-electron chi connectivity index (χ2n) is 8.62. The molecular weight excluding hydrogens is 501 g/mol. The number of rotatable bonds is 6. The summed E-state index contributed by atoms with van der Waals surface area (Å²) in [6.45, 7) is 4.24. The van der Waals surface area contributed by atoms with Crippen LogP contribution in [0.15, 0.2) is 41.9 Å². The maximum absolute atomic E-state index is 4.48. The zero-order valence-electron chi connectivity index (χ0n) is 18.6. The minimum Gasteiger partial charge on any atom is -0.355 e. The molecule has 1 saturated carbocycles. The van der Waals surface area contributed by atoms with Gasteiger partial charge >= 0.3 is 0 Å². The van der Waals surface area contributed by atoms with Crippen LogP contribution in [-0.2, 0) is 6.54 Å². The number of nitrogens with one attached hydrogen (secondary N) is 2. The van der Waals surface area contributed by atoms with Crippen molar-refractivity contribution in [1.82, 2.24) is 30.3 Å². The fourth-order valence-electron chi connectivity index (χ4n) is 4.95. The summed E-state index contributed by atoms with van der Waals surface area (Å²) >= 11 is 0. The highest BCUT2D eigenvalue weighted by molar-refractivity contribution is 14.0. The summed E-state index contributed by atoms with van der Waals surface area (Å²) in [6.07, 6.45) is 14.0. The predicted molar refractivity (Wildman–Crippen MR) is 136 cm³/mol. The molecule has 170 valence electrons. The van der Waals surface area contributed by atoms with Crippen LogP contribution in [0.3, 0.4) is 0 Å². The second-order valence-corrected chi connectivity index (χ2v) is 8.62. The molecule has 0 unspecified atom stereocenters. The highest BCUT2D eigenvalue weighted by atomic mass is 127. The van der Waals surface area contributed by atoms with E-state index in [1.165, 1.54) is 70.0 Å². The summed E-state index contributed by atoms with van der Waals surface area (Å²) in [6, 6.07) is 8.37. The first-order valence-corrected chi connectivity index (χ1v) is 11.4. The minimum absolute atomic E-state index is 0. The van der Waals surface area contributed by atoms with E-state index in [0.717, 1.165) is 24.7 Å². The fraction of sp³-hybridized carbons (Fsp3) is 0.609. The fourth-order valence-corrected chi connectivity index (χ4v) is 4.95. The molecule has 2 N–H and O–H groups in total. The van der Waals surface area contributed by atoms with Gasteiger partial charge in [-0.2, -0.15) is 5.10 Å². The van der Waals surface area contributed by atoms with Gasteiger partial charge in [-0.15, -0.1) is 24.0 Å². The monoisotopic (exact) mass is 537 g/mol. The van der Waals surface area contributed by atoms with E-state index in [0.29, 0.717) is 5.54 Å². The average Bonchev–Trinajstić information content (AvgIpc) is 3.36. The number of halogens is 1. The van der Waals surface area contributed by atoms with Crippen LogP contribution < -0.4 is 10.6 Å². The lowest BCUT2D eigenvalue weighted by molar-refractivity contribution is 0.0368. The molecule has 2 fully saturated rings. The van der Waals surface area contributed by atoms with Gasteiger partial charge in [0.05, 0.1) is 5.69 Å². The molecule has 2 heterocycles. The number of hydrogen-bond acceptors (Lipinski definition) is 4. The third-order valence-electron chi connectivity index (χ3n) is 6.70. The summed E-state index contributed by atoms with van der Waals surface area (Å²) in [5.74, 6) is 0.886. The maximum Gasteiger partial charge on any atom is 0.191 e. The van der Waals surface area contributed by atoms with Gasteiger partial charge in [0.2, 0.25) is 0 Å². The summed E-state index contributed by atoms with van der Waals surface area (Å²) < 4.78 is 1.77. The lowest BCUT2D eigenvalue weighted by Crippen LogP contribution is -2.59. The van der Waals surface area contributed by atoms with Crippen molar-refractivity contribution < 1.29 is 0 Å². The Balaban J connectivity index is 0.00000272. The normalized spacial score (nSPS) is 19.5. The van der Waals surface area contributed by atoms with E-state index >= 15 is 0 Å². The topological polar surface area (TPSA) is 70.4 Å². The Bertz CT molecular complexity index is 792. The number of likely N-dealkylation sites (tertiary alicyclic amines) is 1. The zero-order chi connectivity index (χ0) is 20.7. The number of benzene rings is 1. The quantitative estimate of drug-likeness (QED) is 0.334. The van der Waals surface area contributed by atoms with Crippen LogP contribution in [0, 0.1) is 0 Å². The molecule has 7 nitrogen and oxygen atoms in total. The summed E-state index contributed by atoms with van der Waals surface area (Å²) in [5, 5.41) is 11.3.